The van der Waals surface area contributed by atoms with Crippen LogP contribution in [0.1, 0.15) is 0 Å². The van der Waals surface area contributed by atoms with E-state index in [4.69, 9.17) is 0 Å². The minimum Gasteiger partial charge on any atom is -0.243 e. The van der Waals surface area contributed by atoms with Gasteiger partial charge in [-0.25, -0.2) is 13.4 Å². The molecule has 1 fully saturated rings. The summed E-state index contributed by atoms with van der Waals surface area (Å²) in [7, 11) is -3.37. The molecule has 0 amide bonds. The van der Waals surface area contributed by atoms with Crippen LogP contribution >= 0.6 is 39.0 Å². The minimum absolute atomic E-state index is 0.318. The quantitative estimate of drug-likeness (QED) is 0.806. The first-order chi connectivity index (χ1) is 9.57. The molecular formula is C12H11BrN2O2S3. The van der Waals surface area contributed by atoms with Crippen LogP contribution < -0.4 is 0 Å². The highest BCUT2D eigenvalue weighted by molar-refractivity contribution is 9.10. The fourth-order valence-electron chi connectivity index (χ4n) is 1.82. The molecule has 0 saturated carbocycles. The van der Waals surface area contributed by atoms with Gasteiger partial charge in [0.25, 0.3) is 10.0 Å². The molecule has 0 atom stereocenters. The smallest absolute Gasteiger partial charge is 0.243 e. The Morgan fingerprint density at radius 3 is 2.65 bits per heavy atom. The van der Waals surface area contributed by atoms with Gasteiger partial charge in [-0.1, -0.05) is 28.1 Å². The lowest BCUT2D eigenvalue weighted by molar-refractivity contribution is 0.491. The van der Waals surface area contributed by atoms with Crippen LogP contribution in [0.2, 0.25) is 0 Å². The average molecular weight is 391 g/mol. The predicted octanol–water partition coefficient (Wildman–Crippen LogP) is 3.27. The number of hydrogen-bond acceptors (Lipinski definition) is 5. The Bertz CT molecular complexity index is 707. The summed E-state index contributed by atoms with van der Waals surface area (Å²) in [5, 5.41) is 0.725. The second kappa shape index (κ2) is 5.76. The largest absolute Gasteiger partial charge is 0.254 e. The number of nitrogens with zero attached hydrogens (tertiary/aromatic N) is 2. The fraction of sp³-hybridized carbons (Fsp3) is 0.250. The third-order valence-corrected chi connectivity index (χ3v) is 7.88. The van der Waals surface area contributed by atoms with Crippen LogP contribution in [0.5, 0.6) is 0 Å². The van der Waals surface area contributed by atoms with Crippen molar-refractivity contribution in [1.82, 2.24) is 9.29 Å². The van der Waals surface area contributed by atoms with Gasteiger partial charge in [-0.2, -0.15) is 4.31 Å². The number of rotatable bonds is 3. The fourth-order valence-corrected chi connectivity index (χ4v) is 6.19. The van der Waals surface area contributed by atoms with Gasteiger partial charge in [0.1, 0.15) is 5.01 Å². The Labute approximate surface area is 134 Å². The zero-order valence-corrected chi connectivity index (χ0v) is 14.4. The van der Waals surface area contributed by atoms with Crippen molar-refractivity contribution < 1.29 is 8.42 Å². The summed E-state index contributed by atoms with van der Waals surface area (Å²) in [6.45, 7) is 0.582. The van der Waals surface area contributed by atoms with Crippen LogP contribution in [-0.2, 0) is 10.0 Å². The molecule has 1 aromatic carbocycles. The molecule has 1 aliphatic heterocycles. The minimum atomic E-state index is -3.37. The Morgan fingerprint density at radius 2 is 2.00 bits per heavy atom. The zero-order valence-electron chi connectivity index (χ0n) is 10.3. The van der Waals surface area contributed by atoms with Gasteiger partial charge >= 0.3 is 0 Å². The van der Waals surface area contributed by atoms with Gasteiger partial charge in [0.2, 0.25) is 0 Å². The zero-order chi connectivity index (χ0) is 14.2. The summed E-state index contributed by atoms with van der Waals surface area (Å²) in [6, 6.07) is 7.68. The molecular weight excluding hydrogens is 380 g/mol. The summed E-state index contributed by atoms with van der Waals surface area (Å²) in [5.41, 5.74) is 0.926. The number of halogens is 1. The summed E-state index contributed by atoms with van der Waals surface area (Å²) >= 11 is 6.23. The van der Waals surface area contributed by atoms with E-state index in [1.165, 1.54) is 21.8 Å². The second-order valence-electron chi connectivity index (χ2n) is 4.21. The average Bonchev–Trinajstić information content (AvgIpc) is 3.12. The molecule has 1 aromatic heterocycles. The third kappa shape index (κ3) is 2.80. The molecule has 106 valence electrons. The Kier molecular flexibility index (Phi) is 4.19. The Hall–Kier alpha value is -0.410. The van der Waals surface area contributed by atoms with Gasteiger partial charge in [0.15, 0.2) is 4.21 Å². The first-order valence-electron chi connectivity index (χ1n) is 5.87. The maximum absolute atomic E-state index is 12.4. The molecule has 8 heteroatoms. The summed E-state index contributed by atoms with van der Waals surface area (Å²) < 4.78 is 27.6. The molecule has 2 aromatic rings. The van der Waals surface area contributed by atoms with E-state index in [1.807, 2.05) is 24.3 Å². The van der Waals surface area contributed by atoms with Gasteiger partial charge in [-0.15, -0.1) is 23.1 Å². The van der Waals surface area contributed by atoms with Gasteiger partial charge in [-0.3, -0.25) is 0 Å². The monoisotopic (exact) mass is 390 g/mol. The highest BCUT2D eigenvalue weighted by Gasteiger charge is 2.29. The molecule has 0 radical (unpaired) electrons. The van der Waals surface area contributed by atoms with E-state index in [2.05, 4.69) is 20.9 Å². The Balaban J connectivity index is 1.92. The van der Waals surface area contributed by atoms with Crippen LogP contribution in [0.25, 0.3) is 10.6 Å². The topological polar surface area (TPSA) is 50.3 Å². The van der Waals surface area contributed by atoms with Gasteiger partial charge in [-0.05, 0) is 12.1 Å². The summed E-state index contributed by atoms with van der Waals surface area (Å²) in [5.74, 6) is 1.39. The van der Waals surface area contributed by atoms with Crippen molar-refractivity contribution in [2.45, 2.75) is 4.21 Å². The predicted molar refractivity (Wildman–Crippen MR) is 86.5 cm³/mol. The number of benzene rings is 1. The van der Waals surface area contributed by atoms with Gasteiger partial charge in [0, 0.05) is 22.3 Å². The van der Waals surface area contributed by atoms with Crippen LogP contribution in [0.15, 0.2) is 39.1 Å². The van der Waals surface area contributed by atoms with E-state index < -0.39 is 10.0 Å². The Morgan fingerprint density at radius 1 is 1.25 bits per heavy atom. The summed E-state index contributed by atoms with van der Waals surface area (Å²) in [4.78, 5) is 4.24. The van der Waals surface area contributed by atoms with Crippen molar-refractivity contribution in [3.8, 4) is 10.6 Å². The van der Waals surface area contributed by atoms with Crippen LogP contribution in [0.3, 0.4) is 0 Å². The molecule has 0 aliphatic carbocycles. The molecule has 1 saturated heterocycles. The van der Waals surface area contributed by atoms with Crippen molar-refractivity contribution in [2.75, 3.05) is 18.2 Å². The number of thioether (sulfide) groups is 1. The van der Waals surface area contributed by atoms with Crippen LogP contribution in [0, 0.1) is 0 Å². The molecule has 20 heavy (non-hydrogen) atoms. The highest BCUT2D eigenvalue weighted by Crippen LogP contribution is 2.32. The maximum Gasteiger partial charge on any atom is 0.254 e. The molecule has 3 rings (SSSR count). The maximum atomic E-state index is 12.4. The van der Waals surface area contributed by atoms with Gasteiger partial charge < -0.3 is 0 Å². The molecule has 0 unspecified atom stereocenters. The first-order valence-corrected chi connectivity index (χ1v) is 10.1. The number of hydrogen-bond donors (Lipinski definition) is 0. The first kappa shape index (κ1) is 14.5. The van der Waals surface area contributed by atoms with E-state index in [1.54, 1.807) is 11.8 Å². The second-order valence-corrected chi connectivity index (χ2v) is 9.39. The normalized spacial score (nSPS) is 16.6. The molecule has 2 heterocycles. The lowest BCUT2D eigenvalue weighted by atomic mass is 10.2. The standard InChI is InChI=1S/C12H11BrN2O2S3/c13-10-3-1-9(2-4-10)12-14-7-11(19-12)20(16,17)15-5-6-18-8-15/h1-4,7H,5-6,8H2. The van der Waals surface area contributed by atoms with E-state index >= 15 is 0 Å². The molecule has 4 nitrogen and oxygen atoms in total. The molecule has 1 aliphatic rings. The number of aromatic nitrogens is 1. The van der Waals surface area contributed by atoms with Crippen molar-refractivity contribution >= 4 is 49.1 Å². The lowest BCUT2D eigenvalue weighted by Crippen LogP contribution is -2.27. The molecule has 0 spiro atoms. The van der Waals surface area contributed by atoms with Crippen molar-refractivity contribution in [1.29, 1.82) is 0 Å². The van der Waals surface area contributed by atoms with E-state index in [-0.39, 0.29) is 0 Å². The van der Waals surface area contributed by atoms with Crippen LogP contribution in [0.4, 0.5) is 0 Å². The summed E-state index contributed by atoms with van der Waals surface area (Å²) in [6.07, 6.45) is 1.46. The van der Waals surface area contributed by atoms with Crippen molar-refractivity contribution in [3.05, 3.63) is 34.9 Å². The lowest BCUT2D eigenvalue weighted by Gasteiger charge is -2.12. The highest BCUT2D eigenvalue weighted by atomic mass is 79.9. The molecule has 0 N–H and O–H groups in total. The number of sulfonamides is 1. The van der Waals surface area contributed by atoms with Crippen LogP contribution in [-0.4, -0.2) is 35.9 Å². The van der Waals surface area contributed by atoms with Crippen molar-refractivity contribution in [2.24, 2.45) is 0 Å². The van der Waals surface area contributed by atoms with E-state index in [9.17, 15) is 8.42 Å². The van der Waals surface area contributed by atoms with Crippen molar-refractivity contribution in [3.63, 3.8) is 0 Å². The molecule has 0 bridgehead atoms. The number of thiazole rings is 1. The van der Waals surface area contributed by atoms with Gasteiger partial charge in [0.05, 0.1) is 12.1 Å². The van der Waals surface area contributed by atoms with E-state index in [0.717, 1.165) is 20.8 Å². The van der Waals surface area contributed by atoms with E-state index in [0.29, 0.717) is 16.6 Å². The third-order valence-electron chi connectivity index (χ3n) is 2.89. The SMILES string of the molecule is O=S(=O)(c1cnc(-c2ccc(Br)cc2)s1)N1CCSC1.